The van der Waals surface area contributed by atoms with Crippen LogP contribution in [0.15, 0.2) is 17.0 Å². The molecule has 2 rings (SSSR count). The zero-order chi connectivity index (χ0) is 20.0. The van der Waals surface area contributed by atoms with Gasteiger partial charge in [0.15, 0.2) is 11.5 Å². The van der Waals surface area contributed by atoms with E-state index in [4.69, 9.17) is 9.47 Å². The van der Waals surface area contributed by atoms with Gasteiger partial charge in [0.05, 0.1) is 18.6 Å². The molecule has 0 spiro atoms. The van der Waals surface area contributed by atoms with E-state index in [-0.39, 0.29) is 17.4 Å². The van der Waals surface area contributed by atoms with Crippen LogP contribution in [0.4, 0.5) is 4.79 Å². The number of nitrogens with zero attached hydrogens (tertiary/aromatic N) is 1. The van der Waals surface area contributed by atoms with Crippen molar-refractivity contribution in [3.05, 3.63) is 28.2 Å². The molecule has 27 heavy (non-hydrogen) atoms. The Bertz CT molecular complexity index is 776. The summed E-state index contributed by atoms with van der Waals surface area (Å²) in [6.45, 7) is 6.39. The van der Waals surface area contributed by atoms with E-state index in [2.05, 4.69) is 5.32 Å². The third-order valence-corrected chi connectivity index (χ3v) is 4.79. The van der Waals surface area contributed by atoms with Crippen molar-refractivity contribution in [1.29, 1.82) is 0 Å². The zero-order valence-corrected chi connectivity index (χ0v) is 16.8. The van der Waals surface area contributed by atoms with Crippen molar-refractivity contribution in [3.8, 4) is 11.5 Å². The molecule has 0 aliphatic carbocycles. The lowest BCUT2D eigenvalue weighted by molar-refractivity contribution is -0.129. The summed E-state index contributed by atoms with van der Waals surface area (Å²) in [5.41, 5.74) is 1.63. The minimum Gasteiger partial charge on any atom is -0.493 e. The Kier molecular flexibility index (Phi) is 7.29. The molecule has 1 aromatic rings. The smallest absolute Gasteiger partial charge is 0.294 e. The Hall–Kier alpha value is -2.48. The Morgan fingerprint density at radius 1 is 1.26 bits per heavy atom. The van der Waals surface area contributed by atoms with Crippen LogP contribution in [0.2, 0.25) is 0 Å². The molecule has 146 valence electrons. The molecule has 0 radical (unpaired) electrons. The van der Waals surface area contributed by atoms with Gasteiger partial charge in [-0.05, 0) is 61.4 Å². The van der Waals surface area contributed by atoms with E-state index in [1.54, 1.807) is 19.3 Å². The molecule has 0 unspecified atom stereocenters. The van der Waals surface area contributed by atoms with Gasteiger partial charge in [-0.15, -0.1) is 0 Å². The lowest BCUT2D eigenvalue weighted by atomic mass is 10.1. The van der Waals surface area contributed by atoms with Crippen molar-refractivity contribution in [2.75, 3.05) is 26.8 Å². The largest absolute Gasteiger partial charge is 0.493 e. The second kappa shape index (κ2) is 9.45. The molecule has 1 N–H and O–H groups in total. The monoisotopic (exact) mass is 392 g/mol. The molecule has 1 aliphatic heterocycles. The van der Waals surface area contributed by atoms with E-state index < -0.39 is 11.1 Å². The highest BCUT2D eigenvalue weighted by atomic mass is 32.2. The van der Waals surface area contributed by atoms with Crippen LogP contribution >= 0.6 is 11.8 Å². The molecule has 8 heteroatoms. The molecular weight excluding hydrogens is 368 g/mol. The first kappa shape index (κ1) is 20.8. The Morgan fingerprint density at radius 3 is 2.63 bits per heavy atom. The number of hydrogen-bond donors (Lipinski definition) is 1. The SMILES string of the molecule is CCCNC(=O)CN1C(=O)S/C(=C\c2cc(OCC)c(OC)cc2C)C1=O. The number of amides is 3. The summed E-state index contributed by atoms with van der Waals surface area (Å²) < 4.78 is 10.9. The lowest BCUT2D eigenvalue weighted by Crippen LogP contribution is -2.39. The second-order valence-corrected chi connectivity index (χ2v) is 6.90. The third kappa shape index (κ3) is 5.03. The van der Waals surface area contributed by atoms with Crippen LogP contribution in [0.1, 0.15) is 31.4 Å². The molecule has 0 saturated carbocycles. The van der Waals surface area contributed by atoms with Crippen LogP contribution in [0, 0.1) is 6.92 Å². The van der Waals surface area contributed by atoms with Crippen LogP contribution in [0.25, 0.3) is 6.08 Å². The van der Waals surface area contributed by atoms with Crippen LogP contribution < -0.4 is 14.8 Å². The Balaban J connectivity index is 2.24. The summed E-state index contributed by atoms with van der Waals surface area (Å²) >= 11 is 0.827. The fourth-order valence-corrected chi connectivity index (χ4v) is 3.33. The first-order valence-corrected chi connectivity index (χ1v) is 9.56. The van der Waals surface area contributed by atoms with E-state index in [0.717, 1.165) is 34.2 Å². The average molecular weight is 392 g/mol. The second-order valence-electron chi connectivity index (χ2n) is 5.91. The van der Waals surface area contributed by atoms with Gasteiger partial charge in [0.1, 0.15) is 6.54 Å². The molecule has 1 saturated heterocycles. The van der Waals surface area contributed by atoms with Gasteiger partial charge in [0, 0.05) is 6.54 Å². The van der Waals surface area contributed by atoms with Crippen LogP contribution in [-0.2, 0) is 9.59 Å². The van der Waals surface area contributed by atoms with Gasteiger partial charge in [-0.3, -0.25) is 19.3 Å². The van der Waals surface area contributed by atoms with Gasteiger partial charge in [-0.2, -0.15) is 0 Å². The fraction of sp³-hybridized carbons (Fsp3) is 0.421. The zero-order valence-electron chi connectivity index (χ0n) is 16.0. The van der Waals surface area contributed by atoms with E-state index in [0.29, 0.717) is 24.7 Å². The highest BCUT2D eigenvalue weighted by Gasteiger charge is 2.36. The van der Waals surface area contributed by atoms with E-state index >= 15 is 0 Å². The number of carbonyl (C=O) groups excluding carboxylic acids is 3. The summed E-state index contributed by atoms with van der Waals surface area (Å²) in [4.78, 5) is 37.8. The van der Waals surface area contributed by atoms with E-state index in [1.807, 2.05) is 26.8 Å². The number of rotatable bonds is 8. The molecule has 1 aromatic carbocycles. The predicted octanol–water partition coefficient (Wildman–Crippen LogP) is 2.96. The predicted molar refractivity (Wildman–Crippen MR) is 105 cm³/mol. The summed E-state index contributed by atoms with van der Waals surface area (Å²) in [6.07, 6.45) is 2.43. The summed E-state index contributed by atoms with van der Waals surface area (Å²) in [5, 5.41) is 2.21. The first-order chi connectivity index (χ1) is 12.9. The minimum absolute atomic E-state index is 0.270. The topological polar surface area (TPSA) is 84.9 Å². The Morgan fingerprint density at radius 2 is 2.00 bits per heavy atom. The van der Waals surface area contributed by atoms with Gasteiger partial charge < -0.3 is 14.8 Å². The molecule has 7 nitrogen and oxygen atoms in total. The summed E-state index contributed by atoms with van der Waals surface area (Å²) in [7, 11) is 1.56. The molecular formula is C19H24N2O5S. The van der Waals surface area contributed by atoms with Crippen molar-refractivity contribution in [2.24, 2.45) is 0 Å². The summed E-state index contributed by atoms with van der Waals surface area (Å²) in [5.74, 6) is 0.353. The van der Waals surface area contributed by atoms with Gasteiger partial charge in [0.25, 0.3) is 11.1 Å². The number of carbonyl (C=O) groups is 3. The number of benzene rings is 1. The number of imide groups is 1. The van der Waals surface area contributed by atoms with Crippen LogP contribution in [0.5, 0.6) is 11.5 Å². The van der Waals surface area contributed by atoms with E-state index in [9.17, 15) is 14.4 Å². The Labute approximate surface area is 163 Å². The van der Waals surface area contributed by atoms with Gasteiger partial charge in [0.2, 0.25) is 5.91 Å². The number of aryl methyl sites for hydroxylation is 1. The maximum absolute atomic E-state index is 12.6. The molecule has 0 atom stereocenters. The van der Waals surface area contributed by atoms with Gasteiger partial charge in [-0.1, -0.05) is 6.92 Å². The standard InChI is InChI=1S/C19H24N2O5S/c1-5-7-20-17(22)11-21-18(23)16(27-19(21)24)10-13-9-15(26-6-2)14(25-4)8-12(13)3/h8-10H,5-7,11H2,1-4H3,(H,20,22)/b16-10-. The van der Waals surface area contributed by atoms with Crippen LogP contribution in [-0.4, -0.2) is 48.8 Å². The fourth-order valence-electron chi connectivity index (χ4n) is 2.50. The van der Waals surface area contributed by atoms with Crippen molar-refractivity contribution in [3.63, 3.8) is 0 Å². The van der Waals surface area contributed by atoms with E-state index in [1.165, 1.54) is 0 Å². The molecule has 1 aliphatic rings. The number of hydrogen-bond acceptors (Lipinski definition) is 6. The highest BCUT2D eigenvalue weighted by Crippen LogP contribution is 2.36. The van der Waals surface area contributed by atoms with Gasteiger partial charge >= 0.3 is 0 Å². The molecule has 0 aromatic heterocycles. The maximum Gasteiger partial charge on any atom is 0.294 e. The van der Waals surface area contributed by atoms with Crippen molar-refractivity contribution in [1.82, 2.24) is 10.2 Å². The maximum atomic E-state index is 12.6. The average Bonchev–Trinajstić information content (AvgIpc) is 2.90. The molecule has 1 heterocycles. The first-order valence-electron chi connectivity index (χ1n) is 8.74. The van der Waals surface area contributed by atoms with Crippen molar-refractivity contribution < 1.29 is 23.9 Å². The van der Waals surface area contributed by atoms with Crippen molar-refractivity contribution >= 4 is 34.9 Å². The number of nitrogens with one attached hydrogen (secondary N) is 1. The molecule has 0 bridgehead atoms. The molecule has 3 amide bonds. The normalized spacial score (nSPS) is 15.4. The lowest BCUT2D eigenvalue weighted by Gasteiger charge is -2.13. The quantitative estimate of drug-likeness (QED) is 0.685. The highest BCUT2D eigenvalue weighted by molar-refractivity contribution is 8.18. The van der Waals surface area contributed by atoms with Gasteiger partial charge in [-0.25, -0.2) is 0 Å². The number of thioether (sulfide) groups is 1. The number of ether oxygens (including phenoxy) is 2. The van der Waals surface area contributed by atoms with Crippen molar-refractivity contribution in [2.45, 2.75) is 27.2 Å². The number of methoxy groups -OCH3 is 1. The summed E-state index contributed by atoms with van der Waals surface area (Å²) in [6, 6.07) is 3.60. The van der Waals surface area contributed by atoms with Crippen LogP contribution in [0.3, 0.4) is 0 Å². The minimum atomic E-state index is -0.468. The molecule has 1 fully saturated rings. The third-order valence-electron chi connectivity index (χ3n) is 3.89.